The Kier molecular flexibility index (Phi) is 5.57. The molecule has 1 aliphatic rings. The third-order valence-corrected chi connectivity index (χ3v) is 4.49. The van der Waals surface area contributed by atoms with Crippen LogP contribution in [0.5, 0.6) is 0 Å². The third-order valence-electron chi connectivity index (χ3n) is 2.85. The second kappa shape index (κ2) is 7.41. The van der Waals surface area contributed by atoms with Crippen LogP contribution in [0.25, 0.3) is 0 Å². The molecule has 0 bridgehead atoms. The van der Waals surface area contributed by atoms with E-state index in [1.165, 1.54) is 0 Å². The number of rotatable bonds is 5. The third kappa shape index (κ3) is 4.71. The molecule has 1 aromatic rings. The predicted molar refractivity (Wildman–Crippen MR) is 80.9 cm³/mol. The van der Waals surface area contributed by atoms with E-state index in [1.807, 2.05) is 11.6 Å². The van der Waals surface area contributed by atoms with Crippen LogP contribution in [0.1, 0.15) is 23.5 Å². The zero-order valence-electron chi connectivity index (χ0n) is 11.5. The van der Waals surface area contributed by atoms with Crippen LogP contribution in [0, 0.1) is 0 Å². The highest BCUT2D eigenvalue weighted by atomic mass is 32.2. The van der Waals surface area contributed by atoms with Crippen LogP contribution in [0.3, 0.4) is 0 Å². The lowest BCUT2D eigenvalue weighted by Gasteiger charge is -2.14. The fraction of sp³-hybridized carbons (Fsp3) is 0.500. The SMILES string of the molecule is CSCc1nc(CNC(=O)[C@H]2CCC(=O)NC(=O)N2)cs1. The van der Waals surface area contributed by atoms with Gasteiger partial charge < -0.3 is 10.6 Å². The fourth-order valence-electron chi connectivity index (χ4n) is 1.85. The van der Waals surface area contributed by atoms with Crippen molar-refractivity contribution in [2.45, 2.75) is 31.2 Å². The Bertz CT molecular complexity index is 546. The Labute approximate surface area is 130 Å². The van der Waals surface area contributed by atoms with E-state index in [0.29, 0.717) is 6.54 Å². The number of carbonyl (C=O) groups excluding carboxylic acids is 3. The van der Waals surface area contributed by atoms with E-state index < -0.39 is 12.1 Å². The Morgan fingerprint density at radius 1 is 1.57 bits per heavy atom. The van der Waals surface area contributed by atoms with Crippen LogP contribution < -0.4 is 16.0 Å². The van der Waals surface area contributed by atoms with Crippen LogP contribution >= 0.6 is 23.1 Å². The van der Waals surface area contributed by atoms with Crippen molar-refractivity contribution in [2.75, 3.05) is 6.26 Å². The van der Waals surface area contributed by atoms with Gasteiger partial charge in [0.2, 0.25) is 11.8 Å². The molecule has 0 spiro atoms. The first-order chi connectivity index (χ1) is 10.1. The standard InChI is InChI=1S/C12H16N4O3S2/c1-20-6-10-14-7(5-21-10)4-13-11(18)8-2-3-9(17)16-12(19)15-8/h5,8H,2-4,6H2,1H3,(H,13,18)(H2,15,16,17,19)/t8-/m1/s1. The highest BCUT2D eigenvalue weighted by molar-refractivity contribution is 7.97. The van der Waals surface area contributed by atoms with E-state index in [9.17, 15) is 14.4 Å². The van der Waals surface area contributed by atoms with Gasteiger partial charge in [0.25, 0.3) is 0 Å². The topological polar surface area (TPSA) is 100 Å². The van der Waals surface area contributed by atoms with Gasteiger partial charge in [-0.25, -0.2) is 9.78 Å². The summed E-state index contributed by atoms with van der Waals surface area (Å²) >= 11 is 3.25. The number of hydrogen-bond donors (Lipinski definition) is 3. The second-order valence-corrected chi connectivity index (χ2v) is 6.30. The van der Waals surface area contributed by atoms with Gasteiger partial charge in [0.15, 0.2) is 0 Å². The quantitative estimate of drug-likeness (QED) is 0.735. The van der Waals surface area contributed by atoms with Crippen molar-refractivity contribution in [3.8, 4) is 0 Å². The molecule has 1 aliphatic heterocycles. The number of nitrogens with zero attached hydrogens (tertiary/aromatic N) is 1. The van der Waals surface area contributed by atoms with Crippen molar-refractivity contribution in [2.24, 2.45) is 0 Å². The number of amides is 4. The van der Waals surface area contributed by atoms with Crippen molar-refractivity contribution >= 4 is 40.9 Å². The normalized spacial score (nSPS) is 18.6. The lowest BCUT2D eigenvalue weighted by molar-refractivity contribution is -0.123. The van der Waals surface area contributed by atoms with Gasteiger partial charge in [0.05, 0.1) is 12.2 Å². The Morgan fingerprint density at radius 3 is 3.14 bits per heavy atom. The molecular formula is C12H16N4O3S2. The average molecular weight is 328 g/mol. The smallest absolute Gasteiger partial charge is 0.322 e. The van der Waals surface area contributed by atoms with Crippen molar-refractivity contribution in [1.82, 2.24) is 20.9 Å². The molecule has 114 valence electrons. The molecule has 0 aliphatic carbocycles. The molecule has 3 N–H and O–H groups in total. The zero-order chi connectivity index (χ0) is 15.2. The molecule has 0 saturated carbocycles. The van der Waals surface area contributed by atoms with E-state index >= 15 is 0 Å². The number of urea groups is 1. The molecule has 0 aromatic carbocycles. The first-order valence-electron chi connectivity index (χ1n) is 6.38. The summed E-state index contributed by atoms with van der Waals surface area (Å²) in [7, 11) is 0. The van der Waals surface area contributed by atoms with Crippen molar-refractivity contribution < 1.29 is 14.4 Å². The molecule has 9 heteroatoms. The van der Waals surface area contributed by atoms with Gasteiger partial charge in [0, 0.05) is 17.6 Å². The summed E-state index contributed by atoms with van der Waals surface area (Å²) < 4.78 is 0. The van der Waals surface area contributed by atoms with E-state index in [4.69, 9.17) is 0 Å². The molecule has 0 unspecified atom stereocenters. The van der Waals surface area contributed by atoms with Crippen LogP contribution in [0.4, 0.5) is 4.79 Å². The molecule has 7 nitrogen and oxygen atoms in total. The summed E-state index contributed by atoms with van der Waals surface area (Å²) in [6.07, 6.45) is 2.44. The first-order valence-corrected chi connectivity index (χ1v) is 8.66. The van der Waals surface area contributed by atoms with Crippen LogP contribution in [-0.2, 0) is 21.9 Å². The molecule has 4 amide bonds. The molecule has 2 rings (SSSR count). The van der Waals surface area contributed by atoms with Crippen LogP contribution in [0.2, 0.25) is 0 Å². The maximum atomic E-state index is 12.0. The van der Waals surface area contributed by atoms with Crippen molar-refractivity contribution in [3.63, 3.8) is 0 Å². The van der Waals surface area contributed by atoms with Crippen molar-refractivity contribution in [3.05, 3.63) is 16.1 Å². The molecule has 1 aromatic heterocycles. The molecule has 2 heterocycles. The largest absolute Gasteiger partial charge is 0.349 e. The summed E-state index contributed by atoms with van der Waals surface area (Å²) in [6, 6.07) is -1.32. The maximum absolute atomic E-state index is 12.0. The number of carbonyl (C=O) groups is 3. The highest BCUT2D eigenvalue weighted by Crippen LogP contribution is 2.14. The fourth-order valence-corrected chi connectivity index (χ4v) is 3.36. The number of thioether (sulfide) groups is 1. The van der Waals surface area contributed by atoms with Crippen LogP contribution in [0.15, 0.2) is 5.38 Å². The summed E-state index contributed by atoms with van der Waals surface area (Å²) in [5, 5.41) is 10.3. The van der Waals surface area contributed by atoms with Gasteiger partial charge in [-0.3, -0.25) is 14.9 Å². The monoisotopic (exact) mass is 328 g/mol. The Morgan fingerprint density at radius 2 is 2.38 bits per heavy atom. The summed E-state index contributed by atoms with van der Waals surface area (Å²) in [4.78, 5) is 38.9. The van der Waals surface area contributed by atoms with E-state index in [1.54, 1.807) is 23.1 Å². The Hall–Kier alpha value is -1.61. The molecule has 1 saturated heterocycles. The van der Waals surface area contributed by atoms with Gasteiger partial charge in [0.1, 0.15) is 11.0 Å². The number of thiazole rings is 1. The molecule has 21 heavy (non-hydrogen) atoms. The number of nitrogens with one attached hydrogen (secondary N) is 3. The summed E-state index contributed by atoms with van der Waals surface area (Å²) in [5.74, 6) is 0.175. The van der Waals surface area contributed by atoms with Gasteiger partial charge in [-0.1, -0.05) is 0 Å². The zero-order valence-corrected chi connectivity index (χ0v) is 13.1. The average Bonchev–Trinajstić information content (AvgIpc) is 2.81. The highest BCUT2D eigenvalue weighted by Gasteiger charge is 2.25. The predicted octanol–water partition coefficient (Wildman–Crippen LogP) is 0.610. The lowest BCUT2D eigenvalue weighted by Crippen LogP contribution is -2.48. The van der Waals surface area contributed by atoms with Crippen molar-refractivity contribution in [1.29, 1.82) is 0 Å². The minimum absolute atomic E-state index is 0.144. The van der Waals surface area contributed by atoms with Gasteiger partial charge in [-0.05, 0) is 12.7 Å². The minimum atomic E-state index is -0.694. The molecule has 0 radical (unpaired) electrons. The maximum Gasteiger partial charge on any atom is 0.322 e. The summed E-state index contributed by atoms with van der Waals surface area (Å²) in [5.41, 5.74) is 0.798. The molecular weight excluding hydrogens is 312 g/mol. The van der Waals surface area contributed by atoms with Gasteiger partial charge in [-0.2, -0.15) is 11.8 Å². The molecule has 1 atom stereocenters. The molecule has 1 fully saturated rings. The summed E-state index contributed by atoms with van der Waals surface area (Å²) in [6.45, 7) is 0.317. The lowest BCUT2D eigenvalue weighted by atomic mass is 10.1. The first kappa shape index (κ1) is 15.8. The van der Waals surface area contributed by atoms with E-state index in [2.05, 4.69) is 20.9 Å². The minimum Gasteiger partial charge on any atom is -0.349 e. The number of aromatic nitrogens is 1. The van der Waals surface area contributed by atoms with E-state index in [-0.39, 0.29) is 24.7 Å². The van der Waals surface area contributed by atoms with E-state index in [0.717, 1.165) is 16.5 Å². The number of imide groups is 1. The second-order valence-electron chi connectivity index (χ2n) is 4.50. The number of hydrogen-bond acceptors (Lipinski definition) is 6. The Balaban J connectivity index is 1.85. The van der Waals surface area contributed by atoms with Crippen LogP contribution in [-0.4, -0.2) is 35.1 Å². The van der Waals surface area contributed by atoms with Gasteiger partial charge in [-0.15, -0.1) is 11.3 Å². The van der Waals surface area contributed by atoms with Gasteiger partial charge >= 0.3 is 6.03 Å².